The van der Waals surface area contributed by atoms with Crippen molar-refractivity contribution in [3.8, 4) is 0 Å². The molecule has 3 nitrogen and oxygen atoms in total. The van der Waals surface area contributed by atoms with E-state index in [1.165, 1.54) is 18.5 Å². The highest BCUT2D eigenvalue weighted by Crippen LogP contribution is 2.42. The van der Waals surface area contributed by atoms with Crippen LogP contribution in [-0.2, 0) is 7.05 Å². The lowest BCUT2D eigenvalue weighted by Crippen LogP contribution is -2.21. The Kier molecular flexibility index (Phi) is 2.43. The number of halogens is 1. The summed E-state index contributed by atoms with van der Waals surface area (Å²) in [5, 5.41) is 7.58. The summed E-state index contributed by atoms with van der Waals surface area (Å²) in [7, 11) is 4.01. The number of aromatic nitrogens is 2. The number of hydrogen-bond donors (Lipinski definition) is 1. The molecule has 72 valence electrons. The summed E-state index contributed by atoms with van der Waals surface area (Å²) < 4.78 is 3.06. The molecule has 1 heterocycles. The van der Waals surface area contributed by atoms with Crippen LogP contribution >= 0.6 is 15.9 Å². The molecule has 1 aromatic rings. The van der Waals surface area contributed by atoms with Crippen molar-refractivity contribution in [2.24, 2.45) is 13.0 Å². The number of hydrogen-bond acceptors (Lipinski definition) is 2. The van der Waals surface area contributed by atoms with Crippen molar-refractivity contribution in [3.05, 3.63) is 16.4 Å². The van der Waals surface area contributed by atoms with E-state index in [2.05, 4.69) is 26.3 Å². The molecule has 2 rings (SSSR count). The number of nitrogens with zero attached hydrogens (tertiary/aromatic N) is 2. The first-order valence-electron chi connectivity index (χ1n) is 4.58. The number of rotatable bonds is 3. The van der Waals surface area contributed by atoms with Crippen LogP contribution in [0.2, 0.25) is 0 Å². The van der Waals surface area contributed by atoms with Crippen molar-refractivity contribution in [2.45, 2.75) is 18.9 Å². The van der Waals surface area contributed by atoms with Crippen LogP contribution in [0.1, 0.15) is 24.6 Å². The molecule has 1 aromatic heterocycles. The van der Waals surface area contributed by atoms with Crippen molar-refractivity contribution in [1.29, 1.82) is 0 Å². The summed E-state index contributed by atoms with van der Waals surface area (Å²) >= 11 is 3.53. The molecule has 0 bridgehead atoms. The lowest BCUT2D eigenvalue weighted by atomic mass is 10.1. The van der Waals surface area contributed by atoms with Gasteiger partial charge in [0.05, 0.1) is 22.4 Å². The van der Waals surface area contributed by atoms with Gasteiger partial charge in [0.15, 0.2) is 0 Å². The summed E-state index contributed by atoms with van der Waals surface area (Å²) in [6.45, 7) is 0. The van der Waals surface area contributed by atoms with Crippen LogP contribution in [0.15, 0.2) is 10.7 Å². The molecule has 0 aromatic carbocycles. The molecule has 1 atom stereocenters. The minimum absolute atomic E-state index is 0.460. The average Bonchev–Trinajstić information content (AvgIpc) is 2.88. The molecular weight excluding hydrogens is 230 g/mol. The lowest BCUT2D eigenvalue weighted by Gasteiger charge is -2.16. The van der Waals surface area contributed by atoms with E-state index in [1.54, 1.807) is 0 Å². The quantitative estimate of drug-likeness (QED) is 0.879. The van der Waals surface area contributed by atoms with E-state index in [0.717, 1.165) is 10.4 Å². The van der Waals surface area contributed by atoms with E-state index in [9.17, 15) is 0 Å². The van der Waals surface area contributed by atoms with Gasteiger partial charge in [-0.3, -0.25) is 4.68 Å². The minimum atomic E-state index is 0.460. The van der Waals surface area contributed by atoms with Crippen LogP contribution in [-0.4, -0.2) is 16.8 Å². The van der Waals surface area contributed by atoms with Gasteiger partial charge in [0.25, 0.3) is 0 Å². The van der Waals surface area contributed by atoms with E-state index in [4.69, 9.17) is 0 Å². The molecule has 1 unspecified atom stereocenters. The molecule has 1 fully saturated rings. The third kappa shape index (κ3) is 1.65. The molecule has 0 saturated heterocycles. The van der Waals surface area contributed by atoms with E-state index < -0.39 is 0 Å². The van der Waals surface area contributed by atoms with Crippen molar-refractivity contribution in [1.82, 2.24) is 15.1 Å². The van der Waals surface area contributed by atoms with E-state index >= 15 is 0 Å². The summed E-state index contributed by atoms with van der Waals surface area (Å²) in [4.78, 5) is 0. The summed E-state index contributed by atoms with van der Waals surface area (Å²) in [6, 6.07) is 0.460. The number of aryl methyl sites for hydroxylation is 1. The maximum atomic E-state index is 4.22. The maximum Gasteiger partial charge on any atom is 0.0695 e. The maximum absolute atomic E-state index is 4.22. The third-order valence-electron chi connectivity index (χ3n) is 2.64. The largest absolute Gasteiger partial charge is 0.311 e. The van der Waals surface area contributed by atoms with Crippen LogP contribution in [0.3, 0.4) is 0 Å². The normalized spacial score (nSPS) is 19.0. The molecule has 1 N–H and O–H groups in total. The zero-order chi connectivity index (χ0) is 9.42. The molecule has 0 aliphatic heterocycles. The van der Waals surface area contributed by atoms with Crippen molar-refractivity contribution in [3.63, 3.8) is 0 Å². The smallest absolute Gasteiger partial charge is 0.0695 e. The Morgan fingerprint density at radius 2 is 2.38 bits per heavy atom. The Morgan fingerprint density at radius 3 is 2.77 bits per heavy atom. The van der Waals surface area contributed by atoms with E-state index in [-0.39, 0.29) is 0 Å². The van der Waals surface area contributed by atoms with Gasteiger partial charge in [0, 0.05) is 7.05 Å². The van der Waals surface area contributed by atoms with Crippen LogP contribution in [0, 0.1) is 5.92 Å². The first-order chi connectivity index (χ1) is 6.24. The standard InChI is InChI=1S/C9H14BrN3/c1-11-8(6-3-4-6)9-7(10)5-12-13(9)2/h5-6,8,11H,3-4H2,1-2H3. The van der Waals surface area contributed by atoms with Gasteiger partial charge >= 0.3 is 0 Å². The summed E-state index contributed by atoms with van der Waals surface area (Å²) in [5.74, 6) is 0.802. The first-order valence-corrected chi connectivity index (χ1v) is 5.38. The Balaban J connectivity index is 2.30. The van der Waals surface area contributed by atoms with Crippen LogP contribution in [0.5, 0.6) is 0 Å². The Morgan fingerprint density at radius 1 is 1.69 bits per heavy atom. The Bertz CT molecular complexity index is 284. The Labute approximate surface area is 86.6 Å². The van der Waals surface area contributed by atoms with Crippen molar-refractivity contribution in [2.75, 3.05) is 7.05 Å². The predicted octanol–water partition coefficient (Wildman–Crippen LogP) is 1.85. The molecule has 0 radical (unpaired) electrons. The SMILES string of the molecule is CNC(c1c(Br)cnn1C)C1CC1. The molecule has 13 heavy (non-hydrogen) atoms. The molecule has 1 saturated carbocycles. The van der Waals surface area contributed by atoms with Gasteiger partial charge in [-0.05, 0) is 41.7 Å². The zero-order valence-electron chi connectivity index (χ0n) is 7.92. The highest BCUT2D eigenvalue weighted by Gasteiger charge is 2.34. The van der Waals surface area contributed by atoms with Gasteiger partial charge in [-0.1, -0.05) is 0 Å². The fourth-order valence-corrected chi connectivity index (χ4v) is 2.39. The first kappa shape index (κ1) is 9.21. The van der Waals surface area contributed by atoms with Gasteiger partial charge in [-0.2, -0.15) is 5.10 Å². The highest BCUT2D eigenvalue weighted by atomic mass is 79.9. The van der Waals surface area contributed by atoms with Crippen molar-refractivity contribution < 1.29 is 0 Å². The Hall–Kier alpha value is -0.350. The fraction of sp³-hybridized carbons (Fsp3) is 0.667. The second kappa shape index (κ2) is 3.42. The van der Waals surface area contributed by atoms with Gasteiger partial charge in [-0.15, -0.1) is 0 Å². The second-order valence-electron chi connectivity index (χ2n) is 3.61. The molecule has 1 aliphatic carbocycles. The van der Waals surface area contributed by atoms with Gasteiger partial charge in [0.2, 0.25) is 0 Å². The fourth-order valence-electron chi connectivity index (χ4n) is 1.80. The molecule has 1 aliphatic rings. The topological polar surface area (TPSA) is 29.9 Å². The lowest BCUT2D eigenvalue weighted by molar-refractivity contribution is 0.486. The summed E-state index contributed by atoms with van der Waals surface area (Å²) in [5.41, 5.74) is 1.27. The molecule has 0 spiro atoms. The average molecular weight is 244 g/mol. The highest BCUT2D eigenvalue weighted by molar-refractivity contribution is 9.10. The van der Waals surface area contributed by atoms with Crippen LogP contribution < -0.4 is 5.32 Å². The third-order valence-corrected chi connectivity index (χ3v) is 3.25. The van der Waals surface area contributed by atoms with Gasteiger partial charge < -0.3 is 5.32 Å². The second-order valence-corrected chi connectivity index (χ2v) is 4.46. The van der Waals surface area contributed by atoms with Gasteiger partial charge in [0.1, 0.15) is 0 Å². The summed E-state index contributed by atoms with van der Waals surface area (Å²) in [6.07, 6.45) is 4.54. The van der Waals surface area contributed by atoms with Crippen LogP contribution in [0.4, 0.5) is 0 Å². The molecule has 0 amide bonds. The number of nitrogens with one attached hydrogen (secondary N) is 1. The van der Waals surface area contributed by atoms with E-state index in [0.29, 0.717) is 6.04 Å². The zero-order valence-corrected chi connectivity index (χ0v) is 9.50. The van der Waals surface area contributed by atoms with Crippen molar-refractivity contribution >= 4 is 15.9 Å². The predicted molar refractivity (Wildman–Crippen MR) is 55.4 cm³/mol. The monoisotopic (exact) mass is 243 g/mol. The van der Waals surface area contributed by atoms with Gasteiger partial charge in [-0.25, -0.2) is 0 Å². The van der Waals surface area contributed by atoms with Crippen LogP contribution in [0.25, 0.3) is 0 Å². The molecule has 4 heteroatoms. The minimum Gasteiger partial charge on any atom is -0.311 e. The molecular formula is C9H14BrN3. The van der Waals surface area contributed by atoms with E-state index in [1.807, 2.05) is 25.0 Å².